The minimum absolute atomic E-state index is 0.122. The van der Waals surface area contributed by atoms with Gasteiger partial charge in [-0.3, -0.25) is 0 Å². The Kier molecular flexibility index (Phi) is 12.8. The Hall–Kier alpha value is -3.91. The molecule has 0 aliphatic heterocycles. The first-order chi connectivity index (χ1) is 19.2. The SMILES string of the molecule is C[N+](C)(C)Cc1ccccc1.C[N+](C)(C)Cc1ccccc1.O=C([O-])c1ccc(Sc2ccc(C(=O)[O-])cc2)cc1. The predicted molar refractivity (Wildman–Crippen MR) is 162 cm³/mol. The maximum absolute atomic E-state index is 10.6. The summed E-state index contributed by atoms with van der Waals surface area (Å²) < 4.78 is 1.98. The van der Waals surface area contributed by atoms with Crippen LogP contribution in [0.15, 0.2) is 119 Å². The van der Waals surface area contributed by atoms with E-state index < -0.39 is 11.9 Å². The van der Waals surface area contributed by atoms with Crippen molar-refractivity contribution in [3.63, 3.8) is 0 Å². The molecule has 0 saturated heterocycles. The van der Waals surface area contributed by atoms with Gasteiger partial charge < -0.3 is 28.8 Å². The molecule has 4 rings (SSSR count). The van der Waals surface area contributed by atoms with E-state index in [4.69, 9.17) is 0 Å². The van der Waals surface area contributed by atoms with Gasteiger partial charge in [0.1, 0.15) is 13.1 Å². The van der Waals surface area contributed by atoms with Gasteiger partial charge in [0.2, 0.25) is 0 Å². The highest BCUT2D eigenvalue weighted by Crippen LogP contribution is 2.27. The Morgan fingerprint density at radius 2 is 0.805 bits per heavy atom. The van der Waals surface area contributed by atoms with Crippen molar-refractivity contribution in [3.05, 3.63) is 131 Å². The van der Waals surface area contributed by atoms with Crippen molar-refractivity contribution in [2.45, 2.75) is 22.9 Å². The van der Waals surface area contributed by atoms with Crippen LogP contribution < -0.4 is 10.2 Å². The highest BCUT2D eigenvalue weighted by Gasteiger charge is 2.07. The van der Waals surface area contributed by atoms with Crippen molar-refractivity contribution in [1.29, 1.82) is 0 Å². The van der Waals surface area contributed by atoms with Crippen LogP contribution in [-0.4, -0.2) is 63.2 Å². The average molecular weight is 573 g/mol. The highest BCUT2D eigenvalue weighted by atomic mass is 32.2. The van der Waals surface area contributed by atoms with Crippen molar-refractivity contribution < 1.29 is 28.8 Å². The summed E-state index contributed by atoms with van der Waals surface area (Å²) in [5.41, 5.74) is 3.05. The Bertz CT molecular complexity index is 1240. The summed E-state index contributed by atoms with van der Waals surface area (Å²) in [6, 6.07) is 33.7. The number of carbonyl (C=O) groups excluding carboxylic acids is 2. The molecule has 0 spiro atoms. The van der Waals surface area contributed by atoms with Gasteiger partial charge in [-0.2, -0.15) is 0 Å². The van der Waals surface area contributed by atoms with Crippen LogP contribution in [0.4, 0.5) is 0 Å². The summed E-state index contributed by atoms with van der Waals surface area (Å²) in [6.07, 6.45) is 0. The molecule has 0 bridgehead atoms. The molecule has 4 aromatic rings. The first-order valence-electron chi connectivity index (χ1n) is 13.2. The maximum atomic E-state index is 10.6. The molecule has 0 aliphatic rings. The van der Waals surface area contributed by atoms with Crippen LogP contribution in [0.5, 0.6) is 0 Å². The van der Waals surface area contributed by atoms with Crippen molar-refractivity contribution in [2.75, 3.05) is 42.3 Å². The lowest BCUT2D eigenvalue weighted by atomic mass is 10.2. The number of carbonyl (C=O) groups is 2. The molecule has 0 fully saturated rings. The molecule has 0 N–H and O–H groups in total. The lowest BCUT2D eigenvalue weighted by Gasteiger charge is -2.23. The molecule has 0 amide bonds. The molecule has 0 saturated carbocycles. The van der Waals surface area contributed by atoms with Crippen LogP contribution in [0.25, 0.3) is 0 Å². The molecule has 6 nitrogen and oxygen atoms in total. The van der Waals surface area contributed by atoms with Gasteiger partial charge in [0.05, 0.1) is 54.2 Å². The van der Waals surface area contributed by atoms with E-state index in [1.54, 1.807) is 24.3 Å². The van der Waals surface area contributed by atoms with Crippen molar-refractivity contribution in [3.8, 4) is 0 Å². The minimum Gasteiger partial charge on any atom is -0.545 e. The summed E-state index contributed by atoms with van der Waals surface area (Å²) in [5.74, 6) is -2.43. The Labute approximate surface area is 248 Å². The van der Waals surface area contributed by atoms with Gasteiger partial charge in [0.25, 0.3) is 0 Å². The van der Waals surface area contributed by atoms with E-state index >= 15 is 0 Å². The lowest BCUT2D eigenvalue weighted by molar-refractivity contribution is -0.884. The first kappa shape index (κ1) is 33.3. The number of aromatic carboxylic acids is 2. The van der Waals surface area contributed by atoms with Gasteiger partial charge in [-0.25, -0.2) is 0 Å². The van der Waals surface area contributed by atoms with E-state index in [1.807, 2.05) is 0 Å². The smallest absolute Gasteiger partial charge is 0.104 e. The fourth-order valence-electron chi connectivity index (χ4n) is 3.72. The van der Waals surface area contributed by atoms with Crippen molar-refractivity contribution in [2.24, 2.45) is 0 Å². The van der Waals surface area contributed by atoms with Crippen LogP contribution in [-0.2, 0) is 13.1 Å². The third kappa shape index (κ3) is 14.3. The summed E-state index contributed by atoms with van der Waals surface area (Å²) in [6.45, 7) is 2.20. The van der Waals surface area contributed by atoms with Crippen LogP contribution in [0, 0.1) is 0 Å². The van der Waals surface area contributed by atoms with Crippen LogP contribution in [0.3, 0.4) is 0 Å². The molecule has 0 aliphatic carbocycles. The largest absolute Gasteiger partial charge is 0.545 e. The third-order valence-corrected chi connectivity index (χ3v) is 6.43. The molecule has 41 heavy (non-hydrogen) atoms. The van der Waals surface area contributed by atoms with E-state index in [1.165, 1.54) is 47.2 Å². The second-order valence-electron chi connectivity index (χ2n) is 11.6. The topological polar surface area (TPSA) is 80.3 Å². The van der Waals surface area contributed by atoms with Crippen LogP contribution >= 0.6 is 11.8 Å². The molecule has 0 heterocycles. The summed E-state index contributed by atoms with van der Waals surface area (Å²) in [7, 11) is 13.2. The fraction of sp³-hybridized carbons (Fsp3) is 0.235. The Balaban J connectivity index is 0.000000230. The quantitative estimate of drug-likeness (QED) is 0.293. The van der Waals surface area contributed by atoms with E-state index in [0.717, 1.165) is 31.8 Å². The monoisotopic (exact) mass is 572 g/mol. The number of hydrogen-bond donors (Lipinski definition) is 0. The molecular weight excluding hydrogens is 532 g/mol. The average Bonchev–Trinajstić information content (AvgIpc) is 2.89. The van der Waals surface area contributed by atoms with Crippen molar-refractivity contribution in [1.82, 2.24) is 0 Å². The summed E-state index contributed by atoms with van der Waals surface area (Å²) in [5, 5.41) is 21.2. The zero-order chi connectivity index (χ0) is 30.5. The number of carboxylic acids is 2. The van der Waals surface area contributed by atoms with E-state index in [0.29, 0.717) is 0 Å². The predicted octanol–water partition coefficient (Wildman–Crippen LogP) is 4.35. The number of quaternary nitrogens is 2. The number of rotatable bonds is 8. The second kappa shape index (κ2) is 15.8. The van der Waals surface area contributed by atoms with Crippen molar-refractivity contribution >= 4 is 23.7 Å². The zero-order valence-corrected chi connectivity index (χ0v) is 25.6. The number of benzene rings is 4. The Morgan fingerprint density at radius 3 is 1.05 bits per heavy atom. The van der Waals surface area contributed by atoms with E-state index in [-0.39, 0.29) is 11.1 Å². The number of carboxylic acid groups (broad SMARTS) is 2. The first-order valence-corrected chi connectivity index (χ1v) is 14.0. The molecule has 0 unspecified atom stereocenters. The minimum atomic E-state index is -1.21. The fourth-order valence-corrected chi connectivity index (χ4v) is 4.53. The molecule has 7 heteroatoms. The highest BCUT2D eigenvalue weighted by molar-refractivity contribution is 7.99. The summed E-state index contributed by atoms with van der Waals surface area (Å²) >= 11 is 1.40. The molecular formula is C34H40N2O4S. The maximum Gasteiger partial charge on any atom is 0.104 e. The van der Waals surface area contributed by atoms with E-state index in [2.05, 4.69) is 103 Å². The Morgan fingerprint density at radius 1 is 0.512 bits per heavy atom. The lowest BCUT2D eigenvalue weighted by Crippen LogP contribution is -2.33. The molecule has 4 aromatic carbocycles. The third-order valence-electron chi connectivity index (χ3n) is 5.42. The van der Waals surface area contributed by atoms with Gasteiger partial charge in [-0.1, -0.05) is 96.7 Å². The molecule has 216 valence electrons. The van der Waals surface area contributed by atoms with E-state index in [9.17, 15) is 19.8 Å². The van der Waals surface area contributed by atoms with Gasteiger partial charge in [-0.05, 0) is 35.4 Å². The zero-order valence-electron chi connectivity index (χ0n) is 24.7. The van der Waals surface area contributed by atoms with Gasteiger partial charge in [-0.15, -0.1) is 0 Å². The summed E-state index contributed by atoms with van der Waals surface area (Å²) in [4.78, 5) is 22.9. The van der Waals surface area contributed by atoms with Gasteiger partial charge >= 0.3 is 0 Å². The molecule has 0 aromatic heterocycles. The molecule has 0 atom stereocenters. The van der Waals surface area contributed by atoms with Crippen LogP contribution in [0.1, 0.15) is 31.8 Å². The van der Waals surface area contributed by atoms with Gasteiger partial charge in [0.15, 0.2) is 0 Å². The van der Waals surface area contributed by atoms with Gasteiger partial charge in [0, 0.05) is 20.9 Å². The normalized spacial score (nSPS) is 10.9. The standard InChI is InChI=1S/C14H10O4S.2C10H16N/c15-13(16)9-1-5-11(6-2-9)19-12-7-3-10(4-8-12)14(17)18;2*1-11(2,3)9-10-7-5-4-6-8-10/h1-8H,(H,15,16)(H,17,18);2*4-8H,9H2,1-3H3/q;2*+1/p-2. The van der Waals surface area contributed by atoms with Crippen LogP contribution in [0.2, 0.25) is 0 Å². The number of nitrogens with zero attached hydrogens (tertiary/aromatic N) is 2. The second-order valence-corrected chi connectivity index (χ2v) is 12.7. The number of hydrogen-bond acceptors (Lipinski definition) is 5. The molecule has 0 radical (unpaired) electrons.